The Kier molecular flexibility index (Phi) is 5.80. The number of β-amino-alcohol motifs (C(OH)–C–C–N with tert-alkyl or cyclic N) is 1. The fourth-order valence-electron chi connectivity index (χ4n) is 2.76. The first kappa shape index (κ1) is 16.8. The first-order valence-electron chi connectivity index (χ1n) is 7.94. The molecular weight excluding hydrogens is 280 g/mol. The van der Waals surface area contributed by atoms with Gasteiger partial charge in [-0.05, 0) is 50.4 Å². The number of rotatable bonds is 5. The van der Waals surface area contributed by atoms with Crippen molar-refractivity contribution in [3.8, 4) is 5.75 Å². The van der Waals surface area contributed by atoms with E-state index in [9.17, 15) is 15.0 Å². The number of carbonyl (C=O) groups excluding carboxylic acids is 1. The van der Waals surface area contributed by atoms with E-state index >= 15 is 0 Å². The Bertz CT molecular complexity index is 511. The van der Waals surface area contributed by atoms with Crippen LogP contribution in [0.15, 0.2) is 18.2 Å². The summed E-state index contributed by atoms with van der Waals surface area (Å²) < 4.78 is 0. The van der Waals surface area contributed by atoms with Crippen molar-refractivity contribution in [2.24, 2.45) is 5.92 Å². The van der Waals surface area contributed by atoms with Crippen molar-refractivity contribution in [1.29, 1.82) is 0 Å². The Balaban J connectivity index is 1.79. The van der Waals surface area contributed by atoms with Crippen molar-refractivity contribution < 1.29 is 15.0 Å². The second kappa shape index (κ2) is 7.61. The smallest absolute Gasteiger partial charge is 0.255 e. The van der Waals surface area contributed by atoms with E-state index < -0.39 is 6.10 Å². The van der Waals surface area contributed by atoms with E-state index in [4.69, 9.17) is 0 Å². The van der Waals surface area contributed by atoms with Crippen molar-refractivity contribution in [1.82, 2.24) is 10.2 Å². The molecule has 0 aliphatic carbocycles. The van der Waals surface area contributed by atoms with Crippen molar-refractivity contribution in [3.05, 3.63) is 29.3 Å². The molecule has 22 heavy (non-hydrogen) atoms. The quantitative estimate of drug-likeness (QED) is 0.771. The summed E-state index contributed by atoms with van der Waals surface area (Å²) in [5.74, 6) is 0.407. The van der Waals surface area contributed by atoms with E-state index in [2.05, 4.69) is 17.1 Å². The highest BCUT2D eigenvalue weighted by molar-refractivity contribution is 5.97. The fourth-order valence-corrected chi connectivity index (χ4v) is 2.76. The second-order valence-electron chi connectivity index (χ2n) is 6.32. The van der Waals surface area contributed by atoms with Gasteiger partial charge >= 0.3 is 0 Å². The first-order chi connectivity index (χ1) is 10.5. The molecule has 5 heteroatoms. The molecule has 1 saturated heterocycles. The van der Waals surface area contributed by atoms with Gasteiger partial charge in [0.05, 0.1) is 11.7 Å². The Hall–Kier alpha value is -1.59. The number of hydrogen-bond donors (Lipinski definition) is 3. The van der Waals surface area contributed by atoms with Gasteiger partial charge in [-0.25, -0.2) is 0 Å². The van der Waals surface area contributed by atoms with E-state index in [0.717, 1.165) is 31.8 Å². The predicted octanol–water partition coefficient (Wildman–Crippen LogP) is 1.52. The van der Waals surface area contributed by atoms with Gasteiger partial charge in [0.1, 0.15) is 5.75 Å². The Morgan fingerprint density at radius 2 is 2.09 bits per heavy atom. The van der Waals surface area contributed by atoms with Crippen LogP contribution in [0.3, 0.4) is 0 Å². The maximum absolute atomic E-state index is 12.1. The van der Waals surface area contributed by atoms with Crippen LogP contribution >= 0.6 is 0 Å². The maximum atomic E-state index is 12.1. The highest BCUT2D eigenvalue weighted by Gasteiger charge is 2.19. The van der Waals surface area contributed by atoms with Gasteiger partial charge in [0.25, 0.3) is 5.91 Å². The number of aromatic hydroxyl groups is 1. The number of nitrogens with one attached hydrogen (secondary N) is 1. The topological polar surface area (TPSA) is 72.8 Å². The van der Waals surface area contributed by atoms with Gasteiger partial charge in [-0.1, -0.05) is 19.1 Å². The molecule has 122 valence electrons. The minimum absolute atomic E-state index is 0.000456. The van der Waals surface area contributed by atoms with Crippen LogP contribution < -0.4 is 5.32 Å². The SMILES string of the molecule is Cc1cccc(C(=O)NCC(O)CN2CCC(C)CC2)c1O. The molecule has 1 aliphatic rings. The summed E-state index contributed by atoms with van der Waals surface area (Å²) >= 11 is 0. The lowest BCUT2D eigenvalue weighted by Gasteiger charge is -2.31. The maximum Gasteiger partial charge on any atom is 0.255 e. The summed E-state index contributed by atoms with van der Waals surface area (Å²) in [6.45, 7) is 6.78. The molecule has 1 aromatic carbocycles. The minimum atomic E-state index is -0.593. The van der Waals surface area contributed by atoms with Gasteiger partial charge < -0.3 is 20.4 Å². The Morgan fingerprint density at radius 1 is 1.41 bits per heavy atom. The number of para-hydroxylation sites is 1. The molecule has 0 bridgehead atoms. The fraction of sp³-hybridized carbons (Fsp3) is 0.588. The number of aliphatic hydroxyl groups is 1. The molecule has 1 aromatic rings. The average molecular weight is 306 g/mol. The van der Waals surface area contributed by atoms with E-state index in [1.165, 1.54) is 0 Å². The number of piperidine rings is 1. The Morgan fingerprint density at radius 3 is 2.77 bits per heavy atom. The highest BCUT2D eigenvalue weighted by atomic mass is 16.3. The molecule has 3 N–H and O–H groups in total. The van der Waals surface area contributed by atoms with Gasteiger partial charge in [-0.15, -0.1) is 0 Å². The molecule has 1 atom stereocenters. The van der Waals surface area contributed by atoms with Crippen LogP contribution in [-0.4, -0.2) is 53.3 Å². The van der Waals surface area contributed by atoms with Gasteiger partial charge in [0, 0.05) is 13.1 Å². The summed E-state index contributed by atoms with van der Waals surface area (Å²) in [7, 11) is 0. The van der Waals surface area contributed by atoms with Crippen LogP contribution in [-0.2, 0) is 0 Å². The van der Waals surface area contributed by atoms with Gasteiger partial charge in [-0.3, -0.25) is 4.79 Å². The van der Waals surface area contributed by atoms with E-state index in [-0.39, 0.29) is 23.8 Å². The number of aliphatic hydroxyl groups excluding tert-OH is 1. The standard InChI is InChI=1S/C17H26N2O3/c1-12-6-8-19(9-7-12)11-14(20)10-18-17(22)15-5-3-4-13(2)16(15)21/h3-5,12,14,20-21H,6-11H2,1-2H3,(H,18,22). The molecule has 0 spiro atoms. The van der Waals surface area contributed by atoms with Crippen molar-refractivity contribution in [3.63, 3.8) is 0 Å². The number of nitrogens with zero attached hydrogens (tertiary/aromatic N) is 1. The molecule has 0 aromatic heterocycles. The number of phenolic OH excluding ortho intramolecular Hbond substituents is 1. The first-order valence-corrected chi connectivity index (χ1v) is 7.94. The van der Waals surface area contributed by atoms with E-state index in [1.54, 1.807) is 25.1 Å². The number of likely N-dealkylation sites (tertiary alicyclic amines) is 1. The molecule has 1 amide bonds. The number of amides is 1. The summed E-state index contributed by atoms with van der Waals surface area (Å²) in [6, 6.07) is 5.06. The summed E-state index contributed by atoms with van der Waals surface area (Å²) in [4.78, 5) is 14.3. The van der Waals surface area contributed by atoms with Crippen LogP contribution in [0.2, 0.25) is 0 Å². The highest BCUT2D eigenvalue weighted by Crippen LogP contribution is 2.21. The number of carbonyl (C=O) groups is 1. The number of aryl methyl sites for hydroxylation is 1. The monoisotopic (exact) mass is 306 g/mol. The number of benzene rings is 1. The van der Waals surface area contributed by atoms with Gasteiger partial charge in [0.15, 0.2) is 0 Å². The molecule has 1 unspecified atom stereocenters. The third-order valence-corrected chi connectivity index (χ3v) is 4.33. The third-order valence-electron chi connectivity index (χ3n) is 4.33. The lowest BCUT2D eigenvalue weighted by Crippen LogP contribution is -2.43. The molecule has 0 radical (unpaired) electrons. The van der Waals surface area contributed by atoms with Gasteiger partial charge in [-0.2, -0.15) is 0 Å². The molecule has 1 aliphatic heterocycles. The van der Waals surface area contributed by atoms with E-state index in [0.29, 0.717) is 12.1 Å². The van der Waals surface area contributed by atoms with Gasteiger partial charge in [0.2, 0.25) is 0 Å². The number of hydrogen-bond acceptors (Lipinski definition) is 4. The number of phenols is 1. The minimum Gasteiger partial charge on any atom is -0.507 e. The van der Waals surface area contributed by atoms with Crippen LogP contribution in [0.5, 0.6) is 5.75 Å². The van der Waals surface area contributed by atoms with Crippen molar-refractivity contribution >= 4 is 5.91 Å². The van der Waals surface area contributed by atoms with Crippen LogP contribution in [0, 0.1) is 12.8 Å². The lowest BCUT2D eigenvalue weighted by atomic mass is 9.99. The van der Waals surface area contributed by atoms with Crippen molar-refractivity contribution in [2.75, 3.05) is 26.2 Å². The van der Waals surface area contributed by atoms with Crippen molar-refractivity contribution in [2.45, 2.75) is 32.8 Å². The summed E-state index contributed by atoms with van der Waals surface area (Å²) in [5, 5.41) is 22.6. The molecular formula is C17H26N2O3. The molecule has 1 heterocycles. The largest absolute Gasteiger partial charge is 0.507 e. The zero-order valence-corrected chi connectivity index (χ0v) is 13.4. The summed E-state index contributed by atoms with van der Waals surface area (Å²) in [6.07, 6.45) is 1.73. The van der Waals surface area contributed by atoms with Crippen LogP contribution in [0.25, 0.3) is 0 Å². The molecule has 2 rings (SSSR count). The average Bonchev–Trinajstić information content (AvgIpc) is 2.50. The normalized spacial score (nSPS) is 18.1. The third kappa shape index (κ3) is 4.45. The molecule has 0 saturated carbocycles. The van der Waals surface area contributed by atoms with E-state index in [1.807, 2.05) is 0 Å². The van der Waals surface area contributed by atoms with Crippen LogP contribution in [0.1, 0.15) is 35.7 Å². The zero-order valence-electron chi connectivity index (χ0n) is 13.4. The predicted molar refractivity (Wildman–Crippen MR) is 86.0 cm³/mol. The zero-order chi connectivity index (χ0) is 16.1. The summed E-state index contributed by atoms with van der Waals surface area (Å²) in [5.41, 5.74) is 0.912. The second-order valence-corrected chi connectivity index (χ2v) is 6.32. The lowest BCUT2D eigenvalue weighted by molar-refractivity contribution is 0.0794. The molecule has 1 fully saturated rings. The molecule has 5 nitrogen and oxygen atoms in total. The Labute approximate surface area is 131 Å². The van der Waals surface area contributed by atoms with Crippen LogP contribution in [0.4, 0.5) is 0 Å².